The van der Waals surface area contributed by atoms with Crippen LogP contribution < -0.4 is 15.0 Å². The molecule has 7 nitrogen and oxygen atoms in total. The van der Waals surface area contributed by atoms with Crippen molar-refractivity contribution in [2.24, 2.45) is 5.92 Å². The second-order valence-corrected chi connectivity index (χ2v) is 8.25. The summed E-state index contributed by atoms with van der Waals surface area (Å²) >= 11 is 0. The largest absolute Gasteiger partial charge is 0.484 e. The third-order valence-corrected chi connectivity index (χ3v) is 5.87. The maximum atomic E-state index is 12.8. The summed E-state index contributed by atoms with van der Waals surface area (Å²) in [5.74, 6) is 0.717. The number of rotatable bonds is 7. The van der Waals surface area contributed by atoms with Gasteiger partial charge in [0.05, 0.1) is 12.1 Å². The molecule has 10 heteroatoms. The number of nitrogens with zero attached hydrogens (tertiary/aromatic N) is 1. The lowest BCUT2D eigenvalue weighted by Gasteiger charge is -2.22. The first-order chi connectivity index (χ1) is 16.3. The number of cyclic esters (lactones) is 1. The van der Waals surface area contributed by atoms with E-state index in [1.54, 1.807) is 24.3 Å². The lowest BCUT2D eigenvalue weighted by Crippen LogP contribution is -2.35. The summed E-state index contributed by atoms with van der Waals surface area (Å²) in [6, 6.07) is 11.2. The molecule has 4 rings (SSSR count). The fourth-order valence-corrected chi connectivity index (χ4v) is 3.86. The highest BCUT2D eigenvalue weighted by molar-refractivity contribution is 5.89. The number of ether oxygens (including phenoxy) is 3. The Morgan fingerprint density at radius 1 is 1.06 bits per heavy atom. The van der Waals surface area contributed by atoms with E-state index in [0.717, 1.165) is 38.2 Å². The molecule has 0 radical (unpaired) electrons. The number of amides is 2. The molecule has 2 aromatic rings. The molecule has 2 saturated heterocycles. The van der Waals surface area contributed by atoms with E-state index in [9.17, 15) is 22.8 Å². The van der Waals surface area contributed by atoms with Gasteiger partial charge in [0.1, 0.15) is 11.9 Å². The normalized spacial score (nSPS) is 19.1. The number of hydrogen-bond donors (Lipinski definition) is 1. The molecule has 1 unspecified atom stereocenters. The maximum Gasteiger partial charge on any atom is 0.416 e. The highest BCUT2D eigenvalue weighted by Crippen LogP contribution is 2.34. The Bertz CT molecular complexity index is 989. The van der Waals surface area contributed by atoms with Crippen LogP contribution in [0.15, 0.2) is 48.5 Å². The molecule has 2 heterocycles. The lowest BCUT2D eigenvalue weighted by atomic mass is 10.0. The molecule has 0 aromatic heterocycles. The molecule has 2 aliphatic rings. The fourth-order valence-electron chi connectivity index (χ4n) is 3.86. The van der Waals surface area contributed by atoms with Crippen molar-refractivity contribution in [1.82, 2.24) is 5.32 Å². The third kappa shape index (κ3) is 5.99. The predicted octanol–water partition coefficient (Wildman–Crippen LogP) is 4.32. The molecule has 0 spiro atoms. The molecular formula is C24H25F3N2O5. The van der Waals surface area contributed by atoms with Gasteiger partial charge in [-0.05, 0) is 60.7 Å². The monoisotopic (exact) mass is 478 g/mol. The van der Waals surface area contributed by atoms with E-state index >= 15 is 0 Å². The Kier molecular flexibility index (Phi) is 7.26. The van der Waals surface area contributed by atoms with E-state index in [1.807, 2.05) is 0 Å². The number of benzene rings is 2. The summed E-state index contributed by atoms with van der Waals surface area (Å²) in [4.78, 5) is 25.6. The summed E-state index contributed by atoms with van der Waals surface area (Å²) in [5.41, 5.74) is 0.250. The van der Waals surface area contributed by atoms with Crippen molar-refractivity contribution in [2.75, 3.05) is 37.8 Å². The van der Waals surface area contributed by atoms with Gasteiger partial charge < -0.3 is 19.5 Å². The second-order valence-electron chi connectivity index (χ2n) is 8.25. The highest BCUT2D eigenvalue weighted by atomic mass is 19.4. The molecule has 1 atom stereocenters. The smallest absolute Gasteiger partial charge is 0.416 e. The van der Waals surface area contributed by atoms with Crippen LogP contribution >= 0.6 is 0 Å². The molecule has 0 bridgehead atoms. The number of carbonyl (C=O) groups is 2. The van der Waals surface area contributed by atoms with Crippen LogP contribution in [0.1, 0.15) is 30.1 Å². The predicted molar refractivity (Wildman–Crippen MR) is 117 cm³/mol. The van der Waals surface area contributed by atoms with Gasteiger partial charge in [-0.15, -0.1) is 0 Å². The van der Waals surface area contributed by atoms with Gasteiger partial charge in [0.15, 0.2) is 6.61 Å². The summed E-state index contributed by atoms with van der Waals surface area (Å²) in [5, 5.41) is 2.87. The average molecular weight is 478 g/mol. The van der Waals surface area contributed by atoms with E-state index in [2.05, 4.69) is 5.32 Å². The molecule has 0 saturated carbocycles. The van der Waals surface area contributed by atoms with E-state index < -0.39 is 23.9 Å². The van der Waals surface area contributed by atoms with Crippen molar-refractivity contribution in [2.45, 2.75) is 25.1 Å². The third-order valence-electron chi connectivity index (χ3n) is 5.87. The van der Waals surface area contributed by atoms with Gasteiger partial charge in [0, 0.05) is 25.4 Å². The van der Waals surface area contributed by atoms with Crippen LogP contribution in [0.5, 0.6) is 5.75 Å². The van der Waals surface area contributed by atoms with Gasteiger partial charge in [-0.3, -0.25) is 9.69 Å². The van der Waals surface area contributed by atoms with E-state index in [-0.39, 0.29) is 19.1 Å². The SMILES string of the molecule is O=C(COc1ccc(C2CN(c3ccc(C(F)(F)F)cc3)C(=O)O2)cc1)NCC1CCOCC1. The van der Waals surface area contributed by atoms with Crippen molar-refractivity contribution in [1.29, 1.82) is 0 Å². The van der Waals surface area contributed by atoms with Crippen LogP contribution in [0.4, 0.5) is 23.7 Å². The van der Waals surface area contributed by atoms with Crippen LogP contribution in [0.3, 0.4) is 0 Å². The van der Waals surface area contributed by atoms with Crippen LogP contribution in [-0.4, -0.2) is 44.9 Å². The van der Waals surface area contributed by atoms with Crippen LogP contribution in [0, 0.1) is 5.92 Å². The van der Waals surface area contributed by atoms with Crippen molar-refractivity contribution in [3.63, 3.8) is 0 Å². The topological polar surface area (TPSA) is 77.1 Å². The van der Waals surface area contributed by atoms with Crippen LogP contribution in [0.2, 0.25) is 0 Å². The Labute approximate surface area is 194 Å². The van der Waals surface area contributed by atoms with Gasteiger partial charge in [-0.2, -0.15) is 13.2 Å². The average Bonchev–Trinajstić information content (AvgIpc) is 3.23. The molecule has 2 amide bonds. The maximum absolute atomic E-state index is 12.8. The highest BCUT2D eigenvalue weighted by Gasteiger charge is 2.35. The van der Waals surface area contributed by atoms with E-state index in [1.165, 1.54) is 17.0 Å². The molecule has 182 valence electrons. The number of hydrogen-bond acceptors (Lipinski definition) is 5. The minimum atomic E-state index is -4.44. The van der Waals surface area contributed by atoms with Crippen molar-refractivity contribution in [3.8, 4) is 5.75 Å². The number of carbonyl (C=O) groups excluding carboxylic acids is 2. The van der Waals surface area contributed by atoms with Gasteiger partial charge in [-0.25, -0.2) is 4.79 Å². The first-order valence-electron chi connectivity index (χ1n) is 11.0. The number of nitrogens with one attached hydrogen (secondary N) is 1. The quantitative estimate of drug-likeness (QED) is 0.641. The van der Waals surface area contributed by atoms with Crippen molar-refractivity contribution >= 4 is 17.7 Å². The first kappa shape index (κ1) is 23.9. The molecular weight excluding hydrogens is 453 g/mol. The molecule has 1 N–H and O–H groups in total. The number of alkyl halides is 3. The Morgan fingerprint density at radius 2 is 1.74 bits per heavy atom. The molecule has 2 aromatic carbocycles. The summed E-state index contributed by atoms with van der Waals surface area (Å²) in [6.45, 7) is 2.11. The molecule has 2 fully saturated rings. The summed E-state index contributed by atoms with van der Waals surface area (Å²) in [6.07, 6.45) is -3.78. The van der Waals surface area contributed by atoms with Crippen molar-refractivity contribution in [3.05, 3.63) is 59.7 Å². The number of halogens is 3. The Hall–Kier alpha value is -3.27. The van der Waals surface area contributed by atoms with Crippen LogP contribution in [-0.2, 0) is 20.4 Å². The van der Waals surface area contributed by atoms with Gasteiger partial charge in [-0.1, -0.05) is 12.1 Å². The fraction of sp³-hybridized carbons (Fsp3) is 0.417. The molecule has 0 aliphatic carbocycles. The Morgan fingerprint density at radius 3 is 2.38 bits per heavy atom. The molecule has 34 heavy (non-hydrogen) atoms. The minimum Gasteiger partial charge on any atom is -0.484 e. The molecule has 2 aliphatic heterocycles. The minimum absolute atomic E-state index is 0.108. The van der Waals surface area contributed by atoms with Crippen LogP contribution in [0.25, 0.3) is 0 Å². The zero-order chi connectivity index (χ0) is 24.1. The first-order valence-corrected chi connectivity index (χ1v) is 11.0. The van der Waals surface area contributed by atoms with Gasteiger partial charge >= 0.3 is 12.3 Å². The van der Waals surface area contributed by atoms with E-state index in [4.69, 9.17) is 14.2 Å². The Balaban J connectivity index is 1.27. The van der Waals surface area contributed by atoms with Gasteiger partial charge in [0.25, 0.3) is 5.91 Å². The lowest BCUT2D eigenvalue weighted by molar-refractivity contribution is -0.137. The van der Waals surface area contributed by atoms with E-state index in [0.29, 0.717) is 29.5 Å². The number of anilines is 1. The zero-order valence-corrected chi connectivity index (χ0v) is 18.3. The second kappa shape index (κ2) is 10.3. The summed E-state index contributed by atoms with van der Waals surface area (Å²) < 4.78 is 54.5. The zero-order valence-electron chi connectivity index (χ0n) is 18.3. The standard InChI is InChI=1S/C24H25F3N2O5/c25-24(26,27)18-3-5-19(6-4-18)29-14-21(34-23(29)31)17-1-7-20(8-2-17)33-15-22(30)28-13-16-9-11-32-12-10-16/h1-8,16,21H,9-15H2,(H,28,30). The van der Waals surface area contributed by atoms with Crippen molar-refractivity contribution < 1.29 is 37.0 Å². The summed E-state index contributed by atoms with van der Waals surface area (Å²) in [7, 11) is 0. The van der Waals surface area contributed by atoms with Gasteiger partial charge in [0.2, 0.25) is 0 Å².